The molecule has 0 saturated carbocycles. The van der Waals surface area contributed by atoms with Gasteiger partial charge in [-0.05, 0) is 66.6 Å². The number of rotatable bonds is 7. The number of sulfonamides is 1. The van der Waals surface area contributed by atoms with Crippen molar-refractivity contribution in [3.8, 4) is 0 Å². The summed E-state index contributed by atoms with van der Waals surface area (Å²) in [5.74, 6) is -1.15. The topological polar surface area (TPSA) is 66.5 Å². The van der Waals surface area contributed by atoms with Crippen LogP contribution in [-0.4, -0.2) is 25.2 Å². The van der Waals surface area contributed by atoms with E-state index in [-0.39, 0.29) is 22.2 Å². The van der Waals surface area contributed by atoms with E-state index >= 15 is 0 Å². The van der Waals surface area contributed by atoms with Gasteiger partial charge in [0.2, 0.25) is 15.9 Å². The summed E-state index contributed by atoms with van der Waals surface area (Å²) in [4.78, 5) is 12.7. The van der Waals surface area contributed by atoms with Crippen molar-refractivity contribution in [1.82, 2.24) is 4.31 Å². The van der Waals surface area contributed by atoms with E-state index in [2.05, 4.69) is 5.32 Å². The van der Waals surface area contributed by atoms with Gasteiger partial charge in [0.1, 0.15) is 5.82 Å². The van der Waals surface area contributed by atoms with Crippen LogP contribution < -0.4 is 5.32 Å². The van der Waals surface area contributed by atoms with Gasteiger partial charge < -0.3 is 5.32 Å². The molecule has 168 valence electrons. The highest BCUT2D eigenvalue weighted by Gasteiger charge is 2.27. The zero-order valence-corrected chi connectivity index (χ0v) is 19.9. The van der Waals surface area contributed by atoms with Crippen molar-refractivity contribution < 1.29 is 17.6 Å². The number of nitrogens with one attached hydrogen (secondary N) is 1. The second-order valence-corrected chi connectivity index (χ2v) is 10.2. The Morgan fingerprint density at radius 3 is 2.31 bits per heavy atom. The van der Waals surface area contributed by atoms with Crippen LogP contribution in [0.3, 0.4) is 0 Å². The second-order valence-electron chi connectivity index (χ2n) is 6.98. The Balaban J connectivity index is 1.92. The first kappa shape index (κ1) is 24.5. The van der Waals surface area contributed by atoms with E-state index in [4.69, 9.17) is 34.8 Å². The average molecular weight is 516 g/mol. The molecule has 0 aliphatic heterocycles. The Morgan fingerprint density at radius 2 is 1.66 bits per heavy atom. The molecular formula is C22H18Cl3FN2O3S. The Kier molecular flexibility index (Phi) is 7.79. The molecule has 0 aliphatic carbocycles. The molecule has 0 heterocycles. The number of hydrogen-bond acceptors (Lipinski definition) is 3. The first-order valence-electron chi connectivity index (χ1n) is 9.32. The SMILES string of the molecule is Cc1ccc(F)cc1NC(=O)CN(Cc1ccc(Cl)c(Cl)c1)S(=O)(=O)c1ccc(Cl)cc1. The molecule has 0 atom stereocenters. The van der Waals surface area contributed by atoms with Crippen molar-refractivity contribution in [2.75, 3.05) is 11.9 Å². The lowest BCUT2D eigenvalue weighted by Crippen LogP contribution is -2.37. The standard InChI is InChI=1S/C22H18Cl3FN2O3S/c1-14-2-6-17(26)11-21(14)27-22(29)13-28(12-15-3-9-19(24)20(25)10-15)32(30,31)18-7-4-16(23)5-8-18/h2-11H,12-13H2,1H3,(H,27,29). The minimum absolute atomic E-state index is 0.0308. The molecule has 3 aromatic rings. The fourth-order valence-corrected chi connectivity index (χ4v) is 4.73. The first-order chi connectivity index (χ1) is 15.1. The maximum Gasteiger partial charge on any atom is 0.243 e. The largest absolute Gasteiger partial charge is 0.325 e. The van der Waals surface area contributed by atoms with Crippen molar-refractivity contribution >= 4 is 56.4 Å². The molecule has 0 spiro atoms. The van der Waals surface area contributed by atoms with Crippen LogP contribution in [0.5, 0.6) is 0 Å². The molecule has 0 saturated heterocycles. The van der Waals surface area contributed by atoms with Crippen LogP contribution in [0, 0.1) is 12.7 Å². The number of anilines is 1. The highest BCUT2D eigenvalue weighted by Crippen LogP contribution is 2.26. The second kappa shape index (κ2) is 10.2. The monoisotopic (exact) mass is 514 g/mol. The van der Waals surface area contributed by atoms with Crippen molar-refractivity contribution in [3.05, 3.63) is 92.7 Å². The summed E-state index contributed by atoms with van der Waals surface area (Å²) in [6.07, 6.45) is 0. The molecule has 0 bridgehead atoms. The Bertz CT molecular complexity index is 1250. The van der Waals surface area contributed by atoms with E-state index in [1.165, 1.54) is 48.5 Å². The number of amides is 1. The van der Waals surface area contributed by atoms with Crippen molar-refractivity contribution in [3.63, 3.8) is 0 Å². The average Bonchev–Trinajstić information content (AvgIpc) is 2.73. The van der Waals surface area contributed by atoms with Gasteiger partial charge in [0, 0.05) is 17.3 Å². The van der Waals surface area contributed by atoms with Gasteiger partial charge >= 0.3 is 0 Å². The van der Waals surface area contributed by atoms with Gasteiger partial charge in [0.15, 0.2) is 0 Å². The van der Waals surface area contributed by atoms with Gasteiger partial charge in [-0.15, -0.1) is 0 Å². The maximum atomic E-state index is 13.6. The maximum absolute atomic E-state index is 13.6. The predicted octanol–water partition coefficient (Wildman–Crippen LogP) is 5.92. The molecule has 0 unspecified atom stereocenters. The van der Waals surface area contributed by atoms with Crippen LogP contribution in [0.2, 0.25) is 15.1 Å². The summed E-state index contributed by atoms with van der Waals surface area (Å²) in [6.45, 7) is 1.05. The summed E-state index contributed by atoms with van der Waals surface area (Å²) in [5.41, 5.74) is 1.43. The summed E-state index contributed by atoms with van der Waals surface area (Å²) >= 11 is 17.9. The molecule has 3 rings (SSSR count). The number of carbonyl (C=O) groups excluding carboxylic acids is 1. The fourth-order valence-electron chi connectivity index (χ4n) is 2.90. The molecule has 10 heteroatoms. The zero-order chi connectivity index (χ0) is 23.5. The van der Waals surface area contributed by atoms with Gasteiger partial charge in [-0.2, -0.15) is 4.31 Å². The summed E-state index contributed by atoms with van der Waals surface area (Å²) in [5, 5.41) is 3.52. The Morgan fingerprint density at radius 1 is 0.969 bits per heavy atom. The van der Waals surface area contributed by atoms with Gasteiger partial charge in [-0.1, -0.05) is 46.9 Å². The molecule has 5 nitrogen and oxygen atoms in total. The summed E-state index contributed by atoms with van der Waals surface area (Å²) < 4.78 is 41.2. The lowest BCUT2D eigenvalue weighted by molar-refractivity contribution is -0.116. The predicted molar refractivity (Wildman–Crippen MR) is 125 cm³/mol. The highest BCUT2D eigenvalue weighted by atomic mass is 35.5. The van der Waals surface area contributed by atoms with E-state index in [1.54, 1.807) is 19.1 Å². The molecule has 0 aliphatic rings. The number of benzene rings is 3. The smallest absolute Gasteiger partial charge is 0.243 e. The molecule has 3 aromatic carbocycles. The van der Waals surface area contributed by atoms with Gasteiger partial charge in [-0.25, -0.2) is 12.8 Å². The number of aryl methyl sites for hydroxylation is 1. The molecule has 32 heavy (non-hydrogen) atoms. The van der Waals surface area contributed by atoms with Crippen molar-refractivity contribution in [2.24, 2.45) is 0 Å². The number of hydrogen-bond donors (Lipinski definition) is 1. The normalized spacial score (nSPS) is 11.6. The number of halogens is 4. The molecule has 1 amide bonds. The lowest BCUT2D eigenvalue weighted by atomic mass is 10.2. The van der Waals surface area contributed by atoms with Crippen molar-refractivity contribution in [2.45, 2.75) is 18.4 Å². The quantitative estimate of drug-likeness (QED) is 0.424. The van der Waals surface area contributed by atoms with Crippen LogP contribution in [0.4, 0.5) is 10.1 Å². The number of nitrogens with zero attached hydrogens (tertiary/aromatic N) is 1. The summed E-state index contributed by atoms with van der Waals surface area (Å²) in [6, 6.07) is 14.3. The van der Waals surface area contributed by atoms with Crippen molar-refractivity contribution in [1.29, 1.82) is 0 Å². The summed E-state index contributed by atoms with van der Waals surface area (Å²) in [7, 11) is -4.08. The minimum atomic E-state index is -4.08. The van der Waals surface area contributed by atoms with Crippen LogP contribution in [0.1, 0.15) is 11.1 Å². The minimum Gasteiger partial charge on any atom is -0.325 e. The Labute approximate surface area is 200 Å². The third kappa shape index (κ3) is 5.99. The van der Waals surface area contributed by atoms with Crippen LogP contribution in [-0.2, 0) is 21.4 Å². The van der Waals surface area contributed by atoms with E-state index in [9.17, 15) is 17.6 Å². The molecule has 0 fully saturated rings. The molecule has 0 radical (unpaired) electrons. The third-order valence-corrected chi connectivity index (χ3v) is 7.38. The van der Waals surface area contributed by atoms with Crippen LogP contribution in [0.15, 0.2) is 65.6 Å². The Hall–Kier alpha value is -2.16. The van der Waals surface area contributed by atoms with E-state index in [1.807, 2.05) is 0 Å². The highest BCUT2D eigenvalue weighted by molar-refractivity contribution is 7.89. The number of carbonyl (C=O) groups is 1. The lowest BCUT2D eigenvalue weighted by Gasteiger charge is -2.22. The van der Waals surface area contributed by atoms with Gasteiger partial charge in [0.25, 0.3) is 0 Å². The molecule has 0 aromatic heterocycles. The van der Waals surface area contributed by atoms with Crippen LogP contribution in [0.25, 0.3) is 0 Å². The van der Waals surface area contributed by atoms with E-state index in [0.717, 1.165) is 4.31 Å². The molecular weight excluding hydrogens is 498 g/mol. The van der Waals surface area contributed by atoms with Gasteiger partial charge in [0.05, 0.1) is 21.5 Å². The first-order valence-corrected chi connectivity index (χ1v) is 11.9. The molecule has 1 N–H and O–H groups in total. The van der Waals surface area contributed by atoms with Crippen LogP contribution >= 0.6 is 34.8 Å². The zero-order valence-electron chi connectivity index (χ0n) is 16.8. The van der Waals surface area contributed by atoms with E-state index in [0.29, 0.717) is 21.2 Å². The van der Waals surface area contributed by atoms with Gasteiger partial charge in [-0.3, -0.25) is 4.79 Å². The third-order valence-electron chi connectivity index (χ3n) is 4.59. The van der Waals surface area contributed by atoms with E-state index < -0.39 is 28.3 Å². The fraction of sp³-hybridized carbons (Fsp3) is 0.136.